The first-order valence-electron chi connectivity index (χ1n) is 9.64. The van der Waals surface area contributed by atoms with Crippen molar-refractivity contribution >= 4 is 35.0 Å². The smallest absolute Gasteiger partial charge is 0.338 e. The van der Waals surface area contributed by atoms with Crippen molar-refractivity contribution < 1.29 is 14.6 Å². The van der Waals surface area contributed by atoms with E-state index in [1.807, 2.05) is 6.07 Å². The number of allylic oxidation sites excluding steroid dienone is 1. The van der Waals surface area contributed by atoms with Gasteiger partial charge in [0, 0.05) is 5.02 Å². The maximum Gasteiger partial charge on any atom is 0.338 e. The fraction of sp³-hybridized carbons (Fsp3) is 0.174. The lowest BCUT2D eigenvalue weighted by Crippen LogP contribution is -2.40. The molecule has 158 valence electrons. The number of benzene rings is 2. The SMILES string of the molecule is CCOC(=O)C1=C(C)N=c2s/c(=C/c3ccc(O)cc3)c(=O)n2C1c1ccccc1Cl. The summed E-state index contributed by atoms with van der Waals surface area (Å²) in [4.78, 5) is 31.3. The van der Waals surface area contributed by atoms with Crippen LogP contribution >= 0.6 is 22.9 Å². The second-order valence-corrected chi connectivity index (χ2v) is 8.33. The minimum absolute atomic E-state index is 0.145. The molecule has 3 aromatic rings. The van der Waals surface area contributed by atoms with Crippen LogP contribution in [0.4, 0.5) is 0 Å². The molecule has 1 aromatic heterocycles. The van der Waals surface area contributed by atoms with Gasteiger partial charge in [-0.05, 0) is 49.2 Å². The Hall–Kier alpha value is -3.16. The summed E-state index contributed by atoms with van der Waals surface area (Å²) in [6.45, 7) is 3.66. The number of aromatic hydroxyl groups is 1. The fourth-order valence-corrected chi connectivity index (χ4v) is 4.79. The number of phenolic OH excluding ortho intramolecular Hbond substituents is 1. The average Bonchev–Trinajstić information content (AvgIpc) is 3.04. The van der Waals surface area contributed by atoms with E-state index in [1.165, 1.54) is 15.9 Å². The number of thiazole rings is 1. The maximum atomic E-state index is 13.4. The van der Waals surface area contributed by atoms with Crippen LogP contribution in [0.25, 0.3) is 6.08 Å². The van der Waals surface area contributed by atoms with Crippen molar-refractivity contribution in [2.75, 3.05) is 6.61 Å². The molecule has 0 saturated heterocycles. The van der Waals surface area contributed by atoms with Gasteiger partial charge in [-0.15, -0.1) is 0 Å². The highest BCUT2D eigenvalue weighted by Crippen LogP contribution is 2.34. The van der Waals surface area contributed by atoms with Gasteiger partial charge >= 0.3 is 5.97 Å². The molecule has 1 unspecified atom stereocenters. The van der Waals surface area contributed by atoms with Crippen molar-refractivity contribution in [3.63, 3.8) is 0 Å². The Balaban J connectivity index is 1.97. The number of carbonyl (C=O) groups excluding carboxylic acids is 1. The summed E-state index contributed by atoms with van der Waals surface area (Å²) in [6, 6.07) is 12.9. The molecule has 1 aliphatic rings. The predicted octanol–water partition coefficient (Wildman–Crippen LogP) is 3.16. The van der Waals surface area contributed by atoms with Crippen LogP contribution in [0.5, 0.6) is 5.75 Å². The lowest BCUT2D eigenvalue weighted by atomic mass is 9.96. The summed E-state index contributed by atoms with van der Waals surface area (Å²) in [6.07, 6.45) is 1.73. The molecule has 0 bridgehead atoms. The van der Waals surface area contributed by atoms with Crippen LogP contribution < -0.4 is 14.9 Å². The van der Waals surface area contributed by atoms with Crippen molar-refractivity contribution in [2.24, 2.45) is 4.99 Å². The van der Waals surface area contributed by atoms with Crippen LogP contribution in [0.1, 0.15) is 31.0 Å². The van der Waals surface area contributed by atoms with E-state index in [0.717, 1.165) is 5.56 Å². The minimum atomic E-state index is -0.744. The molecule has 1 atom stereocenters. The molecule has 31 heavy (non-hydrogen) atoms. The van der Waals surface area contributed by atoms with E-state index in [9.17, 15) is 14.7 Å². The number of halogens is 1. The third-order valence-electron chi connectivity index (χ3n) is 4.91. The van der Waals surface area contributed by atoms with Gasteiger partial charge in [-0.2, -0.15) is 0 Å². The molecule has 2 heterocycles. The Labute approximate surface area is 187 Å². The third-order valence-corrected chi connectivity index (χ3v) is 6.23. The van der Waals surface area contributed by atoms with Gasteiger partial charge in [-0.1, -0.05) is 53.3 Å². The molecule has 0 radical (unpaired) electrons. The molecule has 2 aromatic carbocycles. The number of fused-ring (bicyclic) bond motifs is 1. The van der Waals surface area contributed by atoms with Crippen molar-refractivity contribution in [2.45, 2.75) is 19.9 Å². The van der Waals surface area contributed by atoms with E-state index in [0.29, 0.717) is 31.2 Å². The zero-order valence-electron chi connectivity index (χ0n) is 16.8. The molecule has 1 N–H and O–H groups in total. The highest BCUT2D eigenvalue weighted by molar-refractivity contribution is 7.07. The quantitative estimate of drug-likeness (QED) is 0.614. The monoisotopic (exact) mass is 454 g/mol. The summed E-state index contributed by atoms with van der Waals surface area (Å²) < 4.78 is 7.22. The fourth-order valence-electron chi connectivity index (χ4n) is 3.50. The van der Waals surface area contributed by atoms with Crippen molar-refractivity contribution in [1.82, 2.24) is 4.57 Å². The number of nitrogens with zero attached hydrogens (tertiary/aromatic N) is 2. The summed E-state index contributed by atoms with van der Waals surface area (Å²) in [5, 5.41) is 9.94. The summed E-state index contributed by atoms with van der Waals surface area (Å²) in [5.41, 5.74) is 1.88. The second-order valence-electron chi connectivity index (χ2n) is 6.92. The molecule has 0 amide bonds. The van der Waals surface area contributed by atoms with E-state index >= 15 is 0 Å². The van der Waals surface area contributed by atoms with Crippen molar-refractivity contribution in [3.8, 4) is 5.75 Å². The van der Waals surface area contributed by atoms with Gasteiger partial charge in [0.1, 0.15) is 11.8 Å². The molecule has 0 saturated carbocycles. The number of rotatable bonds is 4. The van der Waals surface area contributed by atoms with Gasteiger partial charge in [0.05, 0.1) is 22.4 Å². The summed E-state index contributed by atoms with van der Waals surface area (Å²) in [7, 11) is 0. The minimum Gasteiger partial charge on any atom is -0.508 e. The summed E-state index contributed by atoms with van der Waals surface area (Å²) in [5.74, 6) is -0.381. The Bertz CT molecular complexity index is 1370. The molecular formula is C23H19ClN2O4S. The largest absolute Gasteiger partial charge is 0.508 e. The standard InChI is InChI=1S/C23H19ClN2O4S/c1-3-30-22(29)19-13(2)25-23-26(20(19)16-6-4-5-7-17(16)24)21(28)18(31-23)12-14-8-10-15(27)11-9-14/h4-12,20,27H,3H2,1-2H3/b18-12+. The first-order valence-corrected chi connectivity index (χ1v) is 10.8. The number of esters is 1. The van der Waals surface area contributed by atoms with E-state index in [2.05, 4.69) is 4.99 Å². The molecule has 0 aliphatic carbocycles. The van der Waals surface area contributed by atoms with Gasteiger partial charge in [-0.3, -0.25) is 9.36 Å². The normalized spacial score (nSPS) is 16.1. The Kier molecular flexibility index (Phi) is 5.80. The number of aromatic nitrogens is 1. The van der Waals surface area contributed by atoms with Crippen LogP contribution in [0.15, 0.2) is 69.6 Å². The number of phenols is 1. The molecule has 1 aliphatic heterocycles. The first-order chi connectivity index (χ1) is 14.9. The number of hydrogen-bond donors (Lipinski definition) is 1. The highest BCUT2D eigenvalue weighted by atomic mass is 35.5. The topological polar surface area (TPSA) is 80.9 Å². The zero-order chi connectivity index (χ0) is 22.1. The van der Waals surface area contributed by atoms with Crippen molar-refractivity contribution in [3.05, 3.63) is 95.6 Å². The predicted molar refractivity (Wildman–Crippen MR) is 120 cm³/mol. The number of hydrogen-bond acceptors (Lipinski definition) is 6. The van der Waals surface area contributed by atoms with E-state index < -0.39 is 12.0 Å². The van der Waals surface area contributed by atoms with Crippen LogP contribution in [0, 0.1) is 0 Å². The van der Waals surface area contributed by atoms with Crippen molar-refractivity contribution in [1.29, 1.82) is 0 Å². The Morgan fingerprint density at radius 3 is 2.65 bits per heavy atom. The maximum absolute atomic E-state index is 13.4. The van der Waals surface area contributed by atoms with Gasteiger partial charge in [0.15, 0.2) is 4.80 Å². The molecule has 0 spiro atoms. The Morgan fingerprint density at radius 1 is 1.26 bits per heavy atom. The number of carbonyl (C=O) groups is 1. The second kappa shape index (κ2) is 8.53. The van der Waals surface area contributed by atoms with E-state index in [-0.39, 0.29) is 17.9 Å². The Morgan fingerprint density at radius 2 is 1.97 bits per heavy atom. The molecule has 4 rings (SSSR count). The zero-order valence-corrected chi connectivity index (χ0v) is 18.4. The van der Waals surface area contributed by atoms with Crippen LogP contribution in [-0.2, 0) is 9.53 Å². The molecule has 6 nitrogen and oxygen atoms in total. The van der Waals surface area contributed by atoms with Gasteiger partial charge in [0.2, 0.25) is 0 Å². The first kappa shape index (κ1) is 21.1. The average molecular weight is 455 g/mol. The molecule has 8 heteroatoms. The van der Waals surface area contributed by atoms with Gasteiger partial charge < -0.3 is 9.84 Å². The highest BCUT2D eigenvalue weighted by Gasteiger charge is 2.34. The van der Waals surface area contributed by atoms with Gasteiger partial charge in [-0.25, -0.2) is 9.79 Å². The van der Waals surface area contributed by atoms with Crippen LogP contribution in [0.2, 0.25) is 5.02 Å². The van der Waals surface area contributed by atoms with E-state index in [4.69, 9.17) is 16.3 Å². The lowest BCUT2D eigenvalue weighted by molar-refractivity contribution is -0.139. The van der Waals surface area contributed by atoms with Gasteiger partial charge in [0.25, 0.3) is 5.56 Å². The number of ether oxygens (including phenoxy) is 1. The summed E-state index contributed by atoms with van der Waals surface area (Å²) >= 11 is 7.71. The lowest BCUT2D eigenvalue weighted by Gasteiger charge is -2.25. The van der Waals surface area contributed by atoms with Crippen LogP contribution in [-0.4, -0.2) is 22.2 Å². The van der Waals surface area contributed by atoms with Crippen LogP contribution in [0.3, 0.4) is 0 Å². The molecular weight excluding hydrogens is 436 g/mol. The van der Waals surface area contributed by atoms with E-state index in [1.54, 1.807) is 62.4 Å². The third kappa shape index (κ3) is 3.94. The molecule has 0 fully saturated rings.